The normalized spacial score (nSPS) is 16.2. The molecule has 17 heavy (non-hydrogen) atoms. The molecule has 1 aliphatic rings. The van der Waals surface area contributed by atoms with E-state index in [1.54, 1.807) is 13.0 Å². The van der Waals surface area contributed by atoms with Crippen LogP contribution in [0.25, 0.3) is 0 Å². The number of rotatable bonds is 4. The molecule has 0 saturated heterocycles. The highest BCUT2D eigenvalue weighted by Gasteiger charge is 2.29. The van der Waals surface area contributed by atoms with Crippen molar-refractivity contribution in [2.75, 3.05) is 0 Å². The van der Waals surface area contributed by atoms with E-state index in [1.165, 1.54) is 6.07 Å². The summed E-state index contributed by atoms with van der Waals surface area (Å²) in [6, 6.07) is 3.34. The molecule has 0 heterocycles. The van der Waals surface area contributed by atoms with Crippen molar-refractivity contribution in [3.63, 3.8) is 0 Å². The molecule has 1 aliphatic carbocycles. The summed E-state index contributed by atoms with van der Waals surface area (Å²) in [4.78, 5) is 0.202. The van der Waals surface area contributed by atoms with Crippen molar-refractivity contribution in [1.82, 2.24) is 4.72 Å². The summed E-state index contributed by atoms with van der Waals surface area (Å²) in [5, 5.41) is 9.11. The van der Waals surface area contributed by atoms with Crippen LogP contribution in [-0.2, 0) is 16.6 Å². The molecule has 0 atom stereocenters. The SMILES string of the molecule is Cc1cc(CO)cc(S(=O)(=O)NC2CC2)c1Br. The molecule has 0 unspecified atom stereocenters. The van der Waals surface area contributed by atoms with Crippen molar-refractivity contribution in [3.8, 4) is 0 Å². The van der Waals surface area contributed by atoms with E-state index in [-0.39, 0.29) is 17.5 Å². The molecule has 2 rings (SSSR count). The van der Waals surface area contributed by atoms with E-state index >= 15 is 0 Å². The number of aryl methyl sites for hydroxylation is 1. The number of aliphatic hydroxyl groups is 1. The molecule has 6 heteroatoms. The van der Waals surface area contributed by atoms with Gasteiger partial charge in [-0.2, -0.15) is 0 Å². The second-order valence-electron chi connectivity index (χ2n) is 4.28. The van der Waals surface area contributed by atoms with Crippen LogP contribution in [-0.4, -0.2) is 19.6 Å². The monoisotopic (exact) mass is 319 g/mol. The van der Waals surface area contributed by atoms with Crippen LogP contribution in [0, 0.1) is 6.92 Å². The zero-order valence-electron chi connectivity index (χ0n) is 9.40. The summed E-state index contributed by atoms with van der Waals surface area (Å²) < 4.78 is 27.4. The Hall–Kier alpha value is -0.430. The van der Waals surface area contributed by atoms with E-state index in [0.29, 0.717) is 10.0 Å². The highest BCUT2D eigenvalue weighted by Crippen LogP contribution is 2.29. The Balaban J connectivity index is 2.45. The van der Waals surface area contributed by atoms with Crippen molar-refractivity contribution < 1.29 is 13.5 Å². The van der Waals surface area contributed by atoms with E-state index in [0.717, 1.165) is 18.4 Å². The van der Waals surface area contributed by atoms with E-state index in [4.69, 9.17) is 5.11 Å². The molecule has 0 spiro atoms. The molecule has 4 nitrogen and oxygen atoms in total. The molecule has 0 bridgehead atoms. The van der Waals surface area contributed by atoms with Crippen LogP contribution in [0.5, 0.6) is 0 Å². The summed E-state index contributed by atoms with van der Waals surface area (Å²) in [6.07, 6.45) is 1.80. The molecule has 94 valence electrons. The lowest BCUT2D eigenvalue weighted by atomic mass is 10.1. The van der Waals surface area contributed by atoms with Gasteiger partial charge in [0.1, 0.15) is 0 Å². The standard InChI is InChI=1S/C11H14BrNO3S/c1-7-4-8(6-14)5-10(11(7)12)17(15,16)13-9-2-3-9/h4-5,9,13-14H,2-3,6H2,1H3. The Morgan fingerprint density at radius 3 is 2.65 bits per heavy atom. The lowest BCUT2D eigenvalue weighted by molar-refractivity contribution is 0.281. The Morgan fingerprint density at radius 2 is 2.12 bits per heavy atom. The average Bonchev–Trinajstić information content (AvgIpc) is 3.04. The predicted molar refractivity (Wildman–Crippen MR) is 68.1 cm³/mol. The Morgan fingerprint density at radius 1 is 1.47 bits per heavy atom. The first-order valence-corrected chi connectivity index (χ1v) is 7.64. The smallest absolute Gasteiger partial charge is 0.241 e. The third-order valence-corrected chi connectivity index (χ3v) is 5.51. The van der Waals surface area contributed by atoms with Crippen molar-refractivity contribution in [2.45, 2.75) is 37.3 Å². The molecule has 1 aromatic carbocycles. The summed E-state index contributed by atoms with van der Waals surface area (Å²) in [7, 11) is -3.49. The molecule has 0 radical (unpaired) electrons. The maximum atomic E-state index is 12.1. The largest absolute Gasteiger partial charge is 0.392 e. The van der Waals surface area contributed by atoms with Gasteiger partial charge in [-0.3, -0.25) is 0 Å². The molecule has 1 aromatic rings. The molecular formula is C11H14BrNO3S. The van der Waals surface area contributed by atoms with E-state index in [2.05, 4.69) is 20.7 Å². The molecule has 0 aliphatic heterocycles. The van der Waals surface area contributed by atoms with Gasteiger partial charge < -0.3 is 5.11 Å². The van der Waals surface area contributed by atoms with Gasteiger partial charge >= 0.3 is 0 Å². The quantitative estimate of drug-likeness (QED) is 0.887. The number of nitrogens with one attached hydrogen (secondary N) is 1. The number of halogens is 1. The number of hydrogen-bond acceptors (Lipinski definition) is 3. The molecule has 1 saturated carbocycles. The van der Waals surface area contributed by atoms with Gasteiger partial charge in [0.15, 0.2) is 0 Å². The van der Waals surface area contributed by atoms with Crippen LogP contribution in [0.15, 0.2) is 21.5 Å². The number of benzene rings is 1. The van der Waals surface area contributed by atoms with E-state index in [1.807, 2.05) is 0 Å². The highest BCUT2D eigenvalue weighted by atomic mass is 79.9. The Labute approximate surface area is 109 Å². The maximum Gasteiger partial charge on any atom is 0.241 e. The zero-order chi connectivity index (χ0) is 12.6. The van der Waals surface area contributed by atoms with Crippen LogP contribution < -0.4 is 4.72 Å². The number of hydrogen-bond donors (Lipinski definition) is 2. The van der Waals surface area contributed by atoms with Gasteiger partial charge in [0.2, 0.25) is 10.0 Å². The van der Waals surface area contributed by atoms with Crippen LogP contribution in [0.3, 0.4) is 0 Å². The van der Waals surface area contributed by atoms with E-state index < -0.39 is 10.0 Å². The van der Waals surface area contributed by atoms with Crippen molar-refractivity contribution in [2.24, 2.45) is 0 Å². The topological polar surface area (TPSA) is 66.4 Å². The van der Waals surface area contributed by atoms with Crippen LogP contribution in [0.2, 0.25) is 0 Å². The lowest BCUT2D eigenvalue weighted by Gasteiger charge is -2.11. The van der Waals surface area contributed by atoms with Gasteiger partial charge in [-0.05, 0) is 52.9 Å². The third kappa shape index (κ3) is 2.88. The minimum Gasteiger partial charge on any atom is -0.392 e. The fourth-order valence-electron chi connectivity index (χ4n) is 1.58. The fourth-order valence-corrected chi connectivity index (χ4v) is 3.95. The first kappa shape index (κ1) is 13.0. The minimum atomic E-state index is -3.49. The Kier molecular flexibility index (Phi) is 3.58. The minimum absolute atomic E-state index is 0.0741. The zero-order valence-corrected chi connectivity index (χ0v) is 11.8. The van der Waals surface area contributed by atoms with Gasteiger partial charge in [-0.1, -0.05) is 6.07 Å². The van der Waals surface area contributed by atoms with Gasteiger partial charge in [0, 0.05) is 10.5 Å². The van der Waals surface area contributed by atoms with Gasteiger partial charge in [-0.25, -0.2) is 13.1 Å². The van der Waals surface area contributed by atoms with Gasteiger partial charge in [-0.15, -0.1) is 0 Å². The summed E-state index contributed by atoms with van der Waals surface area (Å²) in [5.74, 6) is 0. The molecule has 2 N–H and O–H groups in total. The summed E-state index contributed by atoms with van der Waals surface area (Å²) in [6.45, 7) is 1.64. The first-order chi connectivity index (χ1) is 7.94. The first-order valence-electron chi connectivity index (χ1n) is 5.36. The van der Waals surface area contributed by atoms with E-state index in [9.17, 15) is 8.42 Å². The third-order valence-electron chi connectivity index (χ3n) is 2.65. The summed E-state index contributed by atoms with van der Waals surface area (Å²) in [5.41, 5.74) is 1.40. The maximum absolute atomic E-state index is 12.1. The molecule has 1 fully saturated rings. The second-order valence-corrected chi connectivity index (χ2v) is 6.75. The van der Waals surface area contributed by atoms with Crippen molar-refractivity contribution >= 4 is 26.0 Å². The molecule has 0 amide bonds. The van der Waals surface area contributed by atoms with Crippen molar-refractivity contribution in [1.29, 1.82) is 0 Å². The van der Waals surface area contributed by atoms with Crippen LogP contribution >= 0.6 is 15.9 Å². The average molecular weight is 320 g/mol. The highest BCUT2D eigenvalue weighted by molar-refractivity contribution is 9.10. The predicted octanol–water partition coefficient (Wildman–Crippen LogP) is 1.69. The summed E-state index contributed by atoms with van der Waals surface area (Å²) >= 11 is 3.29. The molecule has 0 aromatic heterocycles. The number of sulfonamides is 1. The fraction of sp³-hybridized carbons (Fsp3) is 0.455. The second kappa shape index (κ2) is 4.68. The van der Waals surface area contributed by atoms with Crippen LogP contribution in [0.4, 0.5) is 0 Å². The van der Waals surface area contributed by atoms with Crippen molar-refractivity contribution in [3.05, 3.63) is 27.7 Å². The van der Waals surface area contributed by atoms with Crippen LogP contribution in [0.1, 0.15) is 24.0 Å². The Bertz CT molecular complexity index is 538. The van der Waals surface area contributed by atoms with Gasteiger partial charge in [0.25, 0.3) is 0 Å². The number of aliphatic hydroxyl groups excluding tert-OH is 1. The molecular weight excluding hydrogens is 306 g/mol. The lowest BCUT2D eigenvalue weighted by Crippen LogP contribution is -2.26. The van der Waals surface area contributed by atoms with Gasteiger partial charge in [0.05, 0.1) is 11.5 Å².